The average Bonchev–Trinajstić information content (AvgIpc) is 3.14. The Morgan fingerprint density at radius 3 is 2.52 bits per heavy atom. The SMILES string of the molecule is O=C(NCc1ccncc1)c1ccc(NC(=O)c2ncnc3[nH]cc(Br)c23)cc1. The fraction of sp³-hybridized carbons (Fsp3) is 0.0500. The summed E-state index contributed by atoms with van der Waals surface area (Å²) in [5.41, 5.74) is 2.83. The van der Waals surface area contributed by atoms with Gasteiger partial charge in [0, 0.05) is 40.9 Å². The van der Waals surface area contributed by atoms with Gasteiger partial charge in [-0.1, -0.05) is 0 Å². The highest BCUT2D eigenvalue weighted by atomic mass is 79.9. The maximum absolute atomic E-state index is 12.6. The minimum Gasteiger partial charge on any atom is -0.348 e. The first-order valence-corrected chi connectivity index (χ1v) is 9.47. The van der Waals surface area contributed by atoms with Crippen LogP contribution >= 0.6 is 15.9 Å². The molecule has 0 atom stereocenters. The Morgan fingerprint density at radius 1 is 1.00 bits per heavy atom. The monoisotopic (exact) mass is 450 g/mol. The summed E-state index contributed by atoms with van der Waals surface area (Å²) in [6.45, 7) is 0.412. The molecular weight excluding hydrogens is 436 g/mol. The summed E-state index contributed by atoms with van der Waals surface area (Å²) in [6.07, 6.45) is 6.39. The van der Waals surface area contributed by atoms with E-state index in [1.54, 1.807) is 42.9 Å². The lowest BCUT2D eigenvalue weighted by Crippen LogP contribution is -2.22. The van der Waals surface area contributed by atoms with Crippen molar-refractivity contribution in [2.24, 2.45) is 0 Å². The molecule has 0 spiro atoms. The molecule has 0 aliphatic carbocycles. The number of aromatic nitrogens is 4. The molecule has 0 unspecified atom stereocenters. The molecule has 0 saturated heterocycles. The Labute approximate surface area is 173 Å². The Hall–Kier alpha value is -3.59. The summed E-state index contributed by atoms with van der Waals surface area (Å²) >= 11 is 3.39. The highest BCUT2D eigenvalue weighted by Gasteiger charge is 2.16. The molecule has 0 bridgehead atoms. The van der Waals surface area contributed by atoms with Crippen LogP contribution in [0.15, 0.2) is 65.8 Å². The van der Waals surface area contributed by atoms with Gasteiger partial charge in [0.05, 0.1) is 5.39 Å². The normalized spacial score (nSPS) is 10.7. The minimum absolute atomic E-state index is 0.201. The van der Waals surface area contributed by atoms with Gasteiger partial charge in [0.25, 0.3) is 11.8 Å². The molecule has 2 amide bonds. The number of amides is 2. The average molecular weight is 451 g/mol. The number of halogens is 1. The van der Waals surface area contributed by atoms with Crippen LogP contribution in [0.1, 0.15) is 26.4 Å². The second-order valence-electron chi connectivity index (χ2n) is 6.15. The van der Waals surface area contributed by atoms with Gasteiger partial charge in [-0.3, -0.25) is 14.6 Å². The van der Waals surface area contributed by atoms with Crippen LogP contribution < -0.4 is 10.6 Å². The summed E-state index contributed by atoms with van der Waals surface area (Å²) in [5.74, 6) is -0.568. The molecule has 8 nitrogen and oxygen atoms in total. The van der Waals surface area contributed by atoms with Crippen LogP contribution in [0.4, 0.5) is 5.69 Å². The quantitative estimate of drug-likeness (QED) is 0.431. The van der Waals surface area contributed by atoms with E-state index in [4.69, 9.17) is 0 Å². The molecule has 0 radical (unpaired) electrons. The van der Waals surface area contributed by atoms with Crippen LogP contribution in [-0.2, 0) is 6.54 Å². The Kier molecular flexibility index (Phi) is 5.30. The van der Waals surface area contributed by atoms with Gasteiger partial charge in [-0.25, -0.2) is 9.97 Å². The zero-order valence-electron chi connectivity index (χ0n) is 15.0. The zero-order valence-corrected chi connectivity index (χ0v) is 16.6. The number of carbonyl (C=O) groups excluding carboxylic acids is 2. The van der Waals surface area contributed by atoms with E-state index >= 15 is 0 Å². The molecule has 29 heavy (non-hydrogen) atoms. The van der Waals surface area contributed by atoms with Crippen molar-refractivity contribution in [3.05, 3.63) is 82.6 Å². The van der Waals surface area contributed by atoms with Gasteiger partial charge in [-0.15, -0.1) is 0 Å². The number of anilines is 1. The summed E-state index contributed by atoms with van der Waals surface area (Å²) in [5, 5.41) is 6.24. The molecule has 1 aromatic carbocycles. The van der Waals surface area contributed by atoms with Gasteiger partial charge in [-0.2, -0.15) is 0 Å². The predicted octanol–water partition coefficient (Wildman–Crippen LogP) is 3.30. The number of rotatable bonds is 5. The molecule has 3 heterocycles. The number of fused-ring (bicyclic) bond motifs is 1. The number of pyridine rings is 1. The first kappa shape index (κ1) is 18.8. The smallest absolute Gasteiger partial charge is 0.275 e. The van der Waals surface area contributed by atoms with Crippen LogP contribution in [0.3, 0.4) is 0 Å². The number of aromatic amines is 1. The molecule has 3 aromatic heterocycles. The van der Waals surface area contributed by atoms with E-state index in [-0.39, 0.29) is 17.5 Å². The van der Waals surface area contributed by atoms with Crippen LogP contribution in [0, 0.1) is 0 Å². The third-order valence-electron chi connectivity index (χ3n) is 4.24. The Bertz CT molecular complexity index is 1170. The lowest BCUT2D eigenvalue weighted by molar-refractivity contribution is 0.0950. The lowest BCUT2D eigenvalue weighted by Gasteiger charge is -2.08. The van der Waals surface area contributed by atoms with E-state index in [1.807, 2.05) is 12.1 Å². The summed E-state index contributed by atoms with van der Waals surface area (Å²) in [6, 6.07) is 10.3. The second-order valence-corrected chi connectivity index (χ2v) is 7.01. The fourth-order valence-electron chi connectivity index (χ4n) is 2.78. The van der Waals surface area contributed by atoms with E-state index in [9.17, 15) is 9.59 Å². The number of carbonyl (C=O) groups is 2. The van der Waals surface area contributed by atoms with Crippen molar-refractivity contribution in [2.45, 2.75) is 6.54 Å². The highest BCUT2D eigenvalue weighted by molar-refractivity contribution is 9.10. The molecule has 0 fully saturated rings. The largest absolute Gasteiger partial charge is 0.348 e. The topological polar surface area (TPSA) is 113 Å². The van der Waals surface area contributed by atoms with Crippen molar-refractivity contribution < 1.29 is 9.59 Å². The van der Waals surface area contributed by atoms with Gasteiger partial charge in [0.1, 0.15) is 17.7 Å². The van der Waals surface area contributed by atoms with Crippen molar-refractivity contribution in [1.29, 1.82) is 0 Å². The van der Waals surface area contributed by atoms with Crippen LogP contribution in [-0.4, -0.2) is 31.8 Å². The van der Waals surface area contributed by atoms with Gasteiger partial charge in [-0.05, 0) is 57.9 Å². The maximum atomic E-state index is 12.6. The first-order valence-electron chi connectivity index (χ1n) is 8.68. The number of hydrogen-bond acceptors (Lipinski definition) is 5. The van der Waals surface area contributed by atoms with E-state index in [1.165, 1.54) is 6.33 Å². The van der Waals surface area contributed by atoms with Crippen molar-refractivity contribution in [3.8, 4) is 0 Å². The van der Waals surface area contributed by atoms with Gasteiger partial charge in [0.2, 0.25) is 0 Å². The van der Waals surface area contributed by atoms with Gasteiger partial charge < -0.3 is 15.6 Å². The van der Waals surface area contributed by atoms with Gasteiger partial charge in [0.15, 0.2) is 0 Å². The molecule has 0 aliphatic rings. The van der Waals surface area contributed by atoms with Crippen molar-refractivity contribution in [2.75, 3.05) is 5.32 Å². The van der Waals surface area contributed by atoms with Crippen LogP contribution in [0.2, 0.25) is 0 Å². The first-order chi connectivity index (χ1) is 14.1. The van der Waals surface area contributed by atoms with Crippen LogP contribution in [0.5, 0.6) is 0 Å². The molecule has 9 heteroatoms. The Morgan fingerprint density at radius 2 is 1.76 bits per heavy atom. The standard InChI is InChI=1S/C20H15BrN6O2/c21-15-10-23-18-16(15)17(25-11-26-18)20(29)27-14-3-1-13(2-4-14)19(28)24-9-12-5-7-22-8-6-12/h1-8,10-11H,9H2,(H,24,28)(H,27,29)(H,23,25,26). The Balaban J connectivity index is 1.43. The predicted molar refractivity (Wildman–Crippen MR) is 111 cm³/mol. The second kappa shape index (κ2) is 8.19. The molecule has 144 valence electrons. The highest BCUT2D eigenvalue weighted by Crippen LogP contribution is 2.25. The fourth-order valence-corrected chi connectivity index (χ4v) is 3.27. The maximum Gasteiger partial charge on any atom is 0.275 e. The molecule has 4 rings (SSSR count). The number of nitrogens with one attached hydrogen (secondary N) is 3. The molecule has 0 saturated carbocycles. The minimum atomic E-state index is -0.368. The van der Waals surface area contributed by atoms with E-state index in [0.29, 0.717) is 33.3 Å². The number of benzene rings is 1. The lowest BCUT2D eigenvalue weighted by atomic mass is 10.1. The number of H-pyrrole nitrogens is 1. The summed E-state index contributed by atoms with van der Waals surface area (Å²) in [7, 11) is 0. The van der Waals surface area contributed by atoms with Crippen molar-refractivity contribution >= 4 is 44.5 Å². The summed E-state index contributed by atoms with van der Waals surface area (Å²) in [4.78, 5) is 40.0. The van der Waals surface area contributed by atoms with Gasteiger partial charge >= 0.3 is 0 Å². The van der Waals surface area contributed by atoms with Crippen molar-refractivity contribution in [3.63, 3.8) is 0 Å². The number of hydrogen-bond donors (Lipinski definition) is 3. The van der Waals surface area contributed by atoms with Crippen molar-refractivity contribution in [1.82, 2.24) is 25.3 Å². The van der Waals surface area contributed by atoms with E-state index in [2.05, 4.69) is 46.5 Å². The molecule has 4 aromatic rings. The van der Waals surface area contributed by atoms with E-state index in [0.717, 1.165) is 5.56 Å². The molecular formula is C20H15BrN6O2. The molecule has 0 aliphatic heterocycles. The third kappa shape index (κ3) is 4.14. The van der Waals surface area contributed by atoms with E-state index < -0.39 is 0 Å². The zero-order chi connectivity index (χ0) is 20.2. The number of nitrogens with zero attached hydrogens (tertiary/aromatic N) is 3. The third-order valence-corrected chi connectivity index (χ3v) is 4.87. The van der Waals surface area contributed by atoms with Crippen LogP contribution in [0.25, 0.3) is 11.0 Å². The summed E-state index contributed by atoms with van der Waals surface area (Å²) < 4.78 is 0.708. The molecule has 3 N–H and O–H groups in total.